The molecule has 0 aliphatic heterocycles. The number of methoxy groups -OCH3 is 1. The quantitative estimate of drug-likeness (QED) is 0.527. The van der Waals surface area contributed by atoms with E-state index >= 15 is 0 Å². The third kappa shape index (κ3) is 3.33. The van der Waals surface area contributed by atoms with Gasteiger partial charge in [-0.1, -0.05) is 43.7 Å². The smallest absolute Gasteiger partial charge is 0.191 e. The van der Waals surface area contributed by atoms with Crippen molar-refractivity contribution >= 4 is 0 Å². The molecule has 0 heterocycles. The van der Waals surface area contributed by atoms with Crippen molar-refractivity contribution < 1.29 is 9.47 Å². The predicted molar refractivity (Wildman–Crippen MR) is 61.7 cm³/mol. The molecule has 0 N–H and O–H groups in total. The Hall–Kier alpha value is -0.860. The molecule has 1 unspecified atom stereocenters. The third-order valence-electron chi connectivity index (χ3n) is 2.56. The molecule has 0 aliphatic rings. The largest absolute Gasteiger partial charge is 0.349 e. The van der Waals surface area contributed by atoms with E-state index in [1.165, 1.54) is 0 Å². The van der Waals surface area contributed by atoms with Crippen molar-refractivity contribution in [1.29, 1.82) is 0 Å². The molecule has 15 heavy (non-hydrogen) atoms. The van der Waals surface area contributed by atoms with Gasteiger partial charge in [-0.2, -0.15) is 0 Å². The van der Waals surface area contributed by atoms with Gasteiger partial charge in [0.15, 0.2) is 5.79 Å². The Morgan fingerprint density at radius 3 is 2.40 bits per heavy atom. The highest BCUT2D eigenvalue weighted by Gasteiger charge is 2.26. The van der Waals surface area contributed by atoms with Gasteiger partial charge in [-0.25, -0.2) is 0 Å². The van der Waals surface area contributed by atoms with E-state index in [1.807, 2.05) is 37.3 Å². The Kier molecular flexibility index (Phi) is 4.79. The van der Waals surface area contributed by atoms with Crippen LogP contribution in [0.3, 0.4) is 0 Å². The highest BCUT2D eigenvalue weighted by molar-refractivity contribution is 5.19. The molecule has 1 aromatic carbocycles. The molecule has 0 aliphatic carbocycles. The van der Waals surface area contributed by atoms with E-state index < -0.39 is 5.79 Å². The van der Waals surface area contributed by atoms with Crippen molar-refractivity contribution in [3.05, 3.63) is 35.9 Å². The minimum Gasteiger partial charge on any atom is -0.349 e. The fourth-order valence-corrected chi connectivity index (χ4v) is 1.41. The molecule has 2 nitrogen and oxygen atoms in total. The van der Waals surface area contributed by atoms with E-state index in [9.17, 15) is 0 Å². The minimum absolute atomic E-state index is 0.615. The van der Waals surface area contributed by atoms with E-state index in [0.717, 1.165) is 25.0 Å². The highest BCUT2D eigenvalue weighted by Crippen LogP contribution is 2.25. The molecule has 0 bridgehead atoms. The molecule has 0 fully saturated rings. The van der Waals surface area contributed by atoms with E-state index in [-0.39, 0.29) is 0 Å². The summed E-state index contributed by atoms with van der Waals surface area (Å²) in [7, 11) is 1.68. The number of rotatable bonds is 6. The Balaban J connectivity index is 2.67. The Labute approximate surface area is 92.2 Å². The second kappa shape index (κ2) is 5.89. The lowest BCUT2D eigenvalue weighted by Gasteiger charge is -2.28. The molecule has 1 rings (SSSR count). The number of hydrogen-bond donors (Lipinski definition) is 0. The lowest BCUT2D eigenvalue weighted by molar-refractivity contribution is -0.219. The van der Waals surface area contributed by atoms with Crippen molar-refractivity contribution in [2.75, 3.05) is 13.7 Å². The number of benzene rings is 1. The second-order valence-corrected chi connectivity index (χ2v) is 3.72. The number of ether oxygens (including phenoxy) is 2. The van der Waals surface area contributed by atoms with Crippen LogP contribution in [-0.2, 0) is 15.3 Å². The summed E-state index contributed by atoms with van der Waals surface area (Å²) in [5, 5.41) is 0. The van der Waals surface area contributed by atoms with Crippen molar-refractivity contribution in [1.82, 2.24) is 0 Å². The molecule has 0 saturated heterocycles. The molecular weight excluding hydrogens is 188 g/mol. The van der Waals surface area contributed by atoms with Crippen LogP contribution >= 0.6 is 0 Å². The molecule has 1 aromatic rings. The summed E-state index contributed by atoms with van der Waals surface area (Å²) in [6, 6.07) is 10.0. The molecule has 2 heteroatoms. The summed E-state index contributed by atoms with van der Waals surface area (Å²) in [4.78, 5) is 0. The number of unbranched alkanes of at least 4 members (excludes halogenated alkanes) is 1. The second-order valence-electron chi connectivity index (χ2n) is 3.72. The summed E-state index contributed by atoms with van der Waals surface area (Å²) in [5.41, 5.74) is 1.06. The normalized spacial score (nSPS) is 14.9. The van der Waals surface area contributed by atoms with Gasteiger partial charge in [0.1, 0.15) is 0 Å². The SMILES string of the molecule is CCCCOC(C)(OC)c1ccccc1. The summed E-state index contributed by atoms with van der Waals surface area (Å²) in [6.45, 7) is 4.84. The van der Waals surface area contributed by atoms with Crippen LogP contribution in [0, 0.1) is 0 Å². The van der Waals surface area contributed by atoms with Gasteiger partial charge < -0.3 is 9.47 Å². The molecule has 0 spiro atoms. The van der Waals surface area contributed by atoms with Gasteiger partial charge in [-0.05, 0) is 13.3 Å². The third-order valence-corrected chi connectivity index (χ3v) is 2.56. The van der Waals surface area contributed by atoms with Gasteiger partial charge >= 0.3 is 0 Å². The lowest BCUT2D eigenvalue weighted by Crippen LogP contribution is -2.28. The first-order valence-corrected chi connectivity index (χ1v) is 5.47. The maximum Gasteiger partial charge on any atom is 0.191 e. The molecule has 84 valence electrons. The van der Waals surface area contributed by atoms with Gasteiger partial charge in [0.25, 0.3) is 0 Å². The average molecular weight is 208 g/mol. The van der Waals surface area contributed by atoms with Crippen LogP contribution in [0.5, 0.6) is 0 Å². The summed E-state index contributed by atoms with van der Waals surface area (Å²) in [5.74, 6) is -0.615. The van der Waals surface area contributed by atoms with Gasteiger partial charge in [-0.15, -0.1) is 0 Å². The van der Waals surface area contributed by atoms with E-state index in [1.54, 1.807) is 7.11 Å². The number of hydrogen-bond acceptors (Lipinski definition) is 2. The standard InChI is InChI=1S/C13H20O2/c1-4-5-11-15-13(2,14-3)12-9-7-6-8-10-12/h6-10H,4-5,11H2,1-3H3. The molecule has 0 radical (unpaired) electrons. The lowest BCUT2D eigenvalue weighted by atomic mass is 10.1. The minimum atomic E-state index is -0.615. The van der Waals surface area contributed by atoms with Crippen LogP contribution in [0.25, 0.3) is 0 Å². The molecular formula is C13H20O2. The highest BCUT2D eigenvalue weighted by atomic mass is 16.7. The molecule has 0 aromatic heterocycles. The van der Waals surface area contributed by atoms with Crippen LogP contribution in [0.2, 0.25) is 0 Å². The summed E-state index contributed by atoms with van der Waals surface area (Å²) in [6.07, 6.45) is 2.19. The zero-order chi connectivity index (χ0) is 11.1. The first kappa shape index (κ1) is 12.2. The van der Waals surface area contributed by atoms with E-state index in [4.69, 9.17) is 9.47 Å². The van der Waals surface area contributed by atoms with Gasteiger partial charge in [0, 0.05) is 12.7 Å². The fourth-order valence-electron chi connectivity index (χ4n) is 1.41. The summed E-state index contributed by atoms with van der Waals surface area (Å²) < 4.78 is 11.2. The first-order valence-electron chi connectivity index (χ1n) is 5.47. The summed E-state index contributed by atoms with van der Waals surface area (Å²) >= 11 is 0. The van der Waals surface area contributed by atoms with Crippen LogP contribution in [0.4, 0.5) is 0 Å². The predicted octanol–water partition coefficient (Wildman–Crippen LogP) is 3.32. The van der Waals surface area contributed by atoms with Crippen LogP contribution in [0.15, 0.2) is 30.3 Å². The average Bonchev–Trinajstić information content (AvgIpc) is 2.30. The van der Waals surface area contributed by atoms with Crippen LogP contribution < -0.4 is 0 Å². The van der Waals surface area contributed by atoms with Crippen LogP contribution in [-0.4, -0.2) is 13.7 Å². The fraction of sp³-hybridized carbons (Fsp3) is 0.538. The van der Waals surface area contributed by atoms with Gasteiger partial charge in [-0.3, -0.25) is 0 Å². The van der Waals surface area contributed by atoms with Crippen molar-refractivity contribution in [2.24, 2.45) is 0 Å². The topological polar surface area (TPSA) is 18.5 Å². The van der Waals surface area contributed by atoms with Crippen molar-refractivity contribution in [2.45, 2.75) is 32.5 Å². The van der Waals surface area contributed by atoms with Gasteiger partial charge in [0.2, 0.25) is 0 Å². The van der Waals surface area contributed by atoms with E-state index in [2.05, 4.69) is 6.92 Å². The zero-order valence-corrected chi connectivity index (χ0v) is 9.82. The molecule has 1 atom stereocenters. The Morgan fingerprint density at radius 2 is 1.87 bits per heavy atom. The molecule has 0 amide bonds. The Morgan fingerprint density at radius 1 is 1.20 bits per heavy atom. The zero-order valence-electron chi connectivity index (χ0n) is 9.82. The first-order chi connectivity index (χ1) is 7.23. The maximum atomic E-state index is 5.78. The monoisotopic (exact) mass is 208 g/mol. The van der Waals surface area contributed by atoms with Crippen molar-refractivity contribution in [3.8, 4) is 0 Å². The maximum absolute atomic E-state index is 5.78. The van der Waals surface area contributed by atoms with Gasteiger partial charge in [0.05, 0.1) is 6.61 Å². The molecule has 0 saturated carbocycles. The Bertz CT molecular complexity index is 271. The van der Waals surface area contributed by atoms with Crippen LogP contribution in [0.1, 0.15) is 32.3 Å². The van der Waals surface area contributed by atoms with E-state index in [0.29, 0.717) is 0 Å². The van der Waals surface area contributed by atoms with Crippen molar-refractivity contribution in [3.63, 3.8) is 0 Å².